The van der Waals surface area contributed by atoms with E-state index >= 15 is 0 Å². The van der Waals surface area contributed by atoms with Crippen molar-refractivity contribution >= 4 is 17.5 Å². The van der Waals surface area contributed by atoms with E-state index < -0.39 is 5.97 Å². The highest BCUT2D eigenvalue weighted by Crippen LogP contribution is 2.30. The molecular weight excluding hydrogens is 346 g/mol. The first-order valence-electron chi connectivity index (χ1n) is 8.15. The predicted molar refractivity (Wildman–Crippen MR) is 102 cm³/mol. The first kappa shape index (κ1) is 18.2. The van der Waals surface area contributed by atoms with E-state index in [1.807, 2.05) is 24.3 Å². The van der Waals surface area contributed by atoms with Gasteiger partial charge in [0, 0.05) is 17.3 Å². The highest BCUT2D eigenvalue weighted by Gasteiger charge is 2.14. The highest BCUT2D eigenvalue weighted by atomic mass is 16.5. The SMILES string of the molecule is COC(=O)c1cc(Nc2cc(-c3ccccc3OC)ncn2)ccc1OC. The molecule has 0 aliphatic rings. The third kappa shape index (κ3) is 3.98. The van der Waals surface area contributed by atoms with Crippen LogP contribution in [0.15, 0.2) is 54.9 Å². The third-order valence-corrected chi connectivity index (χ3v) is 3.93. The van der Waals surface area contributed by atoms with Gasteiger partial charge in [0.15, 0.2) is 0 Å². The summed E-state index contributed by atoms with van der Waals surface area (Å²) >= 11 is 0. The van der Waals surface area contributed by atoms with Crippen LogP contribution >= 0.6 is 0 Å². The largest absolute Gasteiger partial charge is 0.496 e. The Hall–Kier alpha value is -3.61. The number of esters is 1. The smallest absolute Gasteiger partial charge is 0.341 e. The van der Waals surface area contributed by atoms with E-state index in [1.54, 1.807) is 31.4 Å². The maximum atomic E-state index is 11.9. The summed E-state index contributed by atoms with van der Waals surface area (Å²) in [7, 11) is 4.44. The first-order valence-corrected chi connectivity index (χ1v) is 8.15. The lowest BCUT2D eigenvalue weighted by Gasteiger charge is -2.12. The number of aromatic nitrogens is 2. The fourth-order valence-corrected chi connectivity index (χ4v) is 2.63. The monoisotopic (exact) mass is 365 g/mol. The summed E-state index contributed by atoms with van der Waals surface area (Å²) in [5.74, 6) is 1.25. The van der Waals surface area contributed by atoms with Crippen molar-refractivity contribution in [2.75, 3.05) is 26.6 Å². The molecule has 7 nitrogen and oxygen atoms in total. The number of benzene rings is 2. The Morgan fingerprint density at radius 2 is 1.70 bits per heavy atom. The Kier molecular flexibility index (Phi) is 5.51. The standard InChI is InChI=1S/C20H19N3O4/c1-25-17-7-5-4-6-14(17)16-11-19(22-12-21-16)23-13-8-9-18(26-2)15(10-13)20(24)27-3/h4-12H,1-3H3,(H,21,22,23). The van der Waals surface area contributed by atoms with E-state index in [0.717, 1.165) is 11.3 Å². The summed E-state index contributed by atoms with van der Waals surface area (Å²) in [5.41, 5.74) is 2.56. The number of rotatable bonds is 6. The summed E-state index contributed by atoms with van der Waals surface area (Å²) in [6.07, 6.45) is 1.47. The minimum absolute atomic E-state index is 0.323. The lowest BCUT2D eigenvalue weighted by atomic mass is 10.1. The maximum absolute atomic E-state index is 11.9. The summed E-state index contributed by atoms with van der Waals surface area (Å²) < 4.78 is 15.4. The molecule has 7 heteroatoms. The van der Waals surface area contributed by atoms with Gasteiger partial charge in [0.25, 0.3) is 0 Å². The van der Waals surface area contributed by atoms with E-state index in [9.17, 15) is 4.79 Å². The number of para-hydroxylation sites is 1. The van der Waals surface area contributed by atoms with Gasteiger partial charge in [-0.05, 0) is 30.3 Å². The van der Waals surface area contributed by atoms with E-state index in [-0.39, 0.29) is 0 Å². The van der Waals surface area contributed by atoms with E-state index in [2.05, 4.69) is 15.3 Å². The van der Waals surface area contributed by atoms with Crippen molar-refractivity contribution in [2.45, 2.75) is 0 Å². The predicted octanol–water partition coefficient (Wildman–Crippen LogP) is 3.69. The Labute approximate surface area is 156 Å². The van der Waals surface area contributed by atoms with Crippen molar-refractivity contribution in [3.05, 3.63) is 60.4 Å². The van der Waals surface area contributed by atoms with Gasteiger partial charge in [-0.2, -0.15) is 0 Å². The van der Waals surface area contributed by atoms with Crippen molar-refractivity contribution in [3.63, 3.8) is 0 Å². The van der Waals surface area contributed by atoms with E-state index in [4.69, 9.17) is 14.2 Å². The zero-order valence-electron chi connectivity index (χ0n) is 15.2. The maximum Gasteiger partial charge on any atom is 0.341 e. The van der Waals surface area contributed by atoms with Crippen LogP contribution in [0.2, 0.25) is 0 Å². The molecule has 0 spiro atoms. The van der Waals surface area contributed by atoms with Gasteiger partial charge in [0.2, 0.25) is 0 Å². The van der Waals surface area contributed by atoms with Crippen LogP contribution in [0, 0.1) is 0 Å². The van der Waals surface area contributed by atoms with Gasteiger partial charge in [-0.15, -0.1) is 0 Å². The number of carbonyl (C=O) groups is 1. The lowest BCUT2D eigenvalue weighted by molar-refractivity contribution is 0.0597. The highest BCUT2D eigenvalue weighted by molar-refractivity contribution is 5.93. The van der Waals surface area contributed by atoms with Crippen molar-refractivity contribution < 1.29 is 19.0 Å². The second kappa shape index (κ2) is 8.18. The summed E-state index contributed by atoms with van der Waals surface area (Å²) in [5, 5.41) is 3.17. The number of nitrogens with zero attached hydrogens (tertiary/aromatic N) is 2. The van der Waals surface area contributed by atoms with Crippen LogP contribution in [0.1, 0.15) is 10.4 Å². The minimum Gasteiger partial charge on any atom is -0.496 e. The molecule has 3 aromatic rings. The van der Waals surface area contributed by atoms with E-state index in [1.165, 1.54) is 20.5 Å². The molecule has 3 rings (SSSR count). The van der Waals surface area contributed by atoms with Crippen LogP contribution in [0.25, 0.3) is 11.3 Å². The number of hydrogen-bond donors (Lipinski definition) is 1. The van der Waals surface area contributed by atoms with E-state index in [0.29, 0.717) is 28.5 Å². The molecule has 1 N–H and O–H groups in total. The number of carbonyl (C=O) groups excluding carboxylic acids is 1. The lowest BCUT2D eigenvalue weighted by Crippen LogP contribution is -2.05. The van der Waals surface area contributed by atoms with Crippen LogP contribution < -0.4 is 14.8 Å². The van der Waals surface area contributed by atoms with Crippen LogP contribution in [0.4, 0.5) is 11.5 Å². The molecule has 0 fully saturated rings. The van der Waals surface area contributed by atoms with Gasteiger partial charge in [-0.3, -0.25) is 0 Å². The molecule has 0 aliphatic carbocycles. The fourth-order valence-electron chi connectivity index (χ4n) is 2.63. The Morgan fingerprint density at radius 3 is 2.44 bits per heavy atom. The number of anilines is 2. The van der Waals surface area contributed by atoms with Crippen molar-refractivity contribution in [3.8, 4) is 22.8 Å². The molecule has 138 valence electrons. The average molecular weight is 365 g/mol. The fraction of sp³-hybridized carbons (Fsp3) is 0.150. The van der Waals surface area contributed by atoms with Gasteiger partial charge in [0.1, 0.15) is 29.2 Å². The summed E-state index contributed by atoms with van der Waals surface area (Å²) in [4.78, 5) is 20.5. The molecule has 0 radical (unpaired) electrons. The quantitative estimate of drug-likeness (QED) is 0.667. The normalized spacial score (nSPS) is 10.2. The molecule has 0 unspecified atom stereocenters. The zero-order valence-corrected chi connectivity index (χ0v) is 15.2. The van der Waals surface area contributed by atoms with Gasteiger partial charge in [-0.25, -0.2) is 14.8 Å². The number of ether oxygens (including phenoxy) is 3. The second-order valence-corrected chi connectivity index (χ2v) is 5.52. The molecule has 1 heterocycles. The van der Waals surface area contributed by atoms with Crippen molar-refractivity contribution in [1.29, 1.82) is 0 Å². The van der Waals surface area contributed by atoms with Gasteiger partial charge in [0.05, 0.1) is 27.0 Å². The van der Waals surface area contributed by atoms with Crippen LogP contribution in [0.5, 0.6) is 11.5 Å². The second-order valence-electron chi connectivity index (χ2n) is 5.52. The van der Waals surface area contributed by atoms with Crippen molar-refractivity contribution in [2.24, 2.45) is 0 Å². The Morgan fingerprint density at radius 1 is 0.926 bits per heavy atom. The first-order chi connectivity index (χ1) is 13.2. The van der Waals surface area contributed by atoms with Gasteiger partial charge in [-0.1, -0.05) is 12.1 Å². The molecule has 0 amide bonds. The molecular formula is C20H19N3O4. The van der Waals surface area contributed by atoms with Crippen LogP contribution in [-0.4, -0.2) is 37.3 Å². The minimum atomic E-state index is -0.479. The molecule has 1 aromatic heterocycles. The molecule has 0 aliphatic heterocycles. The number of hydrogen-bond acceptors (Lipinski definition) is 7. The molecule has 0 atom stereocenters. The number of nitrogens with one attached hydrogen (secondary N) is 1. The third-order valence-electron chi connectivity index (χ3n) is 3.93. The molecule has 0 saturated carbocycles. The molecule has 0 bridgehead atoms. The summed E-state index contributed by atoms with van der Waals surface area (Å²) in [6.45, 7) is 0. The van der Waals surface area contributed by atoms with Crippen LogP contribution in [0.3, 0.4) is 0 Å². The average Bonchev–Trinajstić information content (AvgIpc) is 2.73. The number of methoxy groups -OCH3 is 3. The van der Waals surface area contributed by atoms with Gasteiger partial charge < -0.3 is 19.5 Å². The summed E-state index contributed by atoms with van der Waals surface area (Å²) in [6, 6.07) is 14.5. The Balaban J connectivity index is 1.92. The topological polar surface area (TPSA) is 82.6 Å². The van der Waals surface area contributed by atoms with Gasteiger partial charge >= 0.3 is 5.97 Å². The Bertz CT molecular complexity index is 959. The zero-order chi connectivity index (χ0) is 19.2. The molecule has 0 saturated heterocycles. The van der Waals surface area contributed by atoms with Crippen LogP contribution in [-0.2, 0) is 4.74 Å². The molecule has 2 aromatic carbocycles. The molecule has 27 heavy (non-hydrogen) atoms. The van der Waals surface area contributed by atoms with Crippen molar-refractivity contribution in [1.82, 2.24) is 9.97 Å².